The van der Waals surface area contributed by atoms with Gasteiger partial charge < -0.3 is 20.3 Å². The predicted octanol–water partition coefficient (Wildman–Crippen LogP) is 3.49. The van der Waals surface area contributed by atoms with Crippen molar-refractivity contribution in [3.63, 3.8) is 0 Å². The van der Waals surface area contributed by atoms with Crippen LogP contribution in [0.4, 0.5) is 0 Å². The van der Waals surface area contributed by atoms with Crippen LogP contribution in [0.5, 0.6) is 0 Å². The Morgan fingerprint density at radius 1 is 1.26 bits per heavy atom. The zero-order valence-corrected chi connectivity index (χ0v) is 21.4. The van der Waals surface area contributed by atoms with Crippen molar-refractivity contribution >= 4 is 16.9 Å². The van der Waals surface area contributed by atoms with E-state index in [4.69, 9.17) is 9.72 Å². The fourth-order valence-corrected chi connectivity index (χ4v) is 4.54. The van der Waals surface area contributed by atoms with E-state index in [2.05, 4.69) is 65.8 Å². The Balaban J connectivity index is 1.64. The summed E-state index contributed by atoms with van der Waals surface area (Å²) in [6, 6.07) is 10.5. The Morgan fingerprint density at radius 3 is 2.80 bits per heavy atom. The molecule has 0 saturated carbocycles. The second kappa shape index (κ2) is 11.7. The average Bonchev–Trinajstić information content (AvgIpc) is 3.31. The molecule has 0 unspecified atom stereocenters. The van der Waals surface area contributed by atoms with E-state index in [0.717, 1.165) is 68.0 Å². The molecule has 3 aromatic rings. The van der Waals surface area contributed by atoms with Crippen LogP contribution in [0.15, 0.2) is 36.5 Å². The number of likely N-dealkylation sites (N-methyl/N-ethyl adjacent to an activating group) is 2. The van der Waals surface area contributed by atoms with E-state index in [1.54, 1.807) is 6.20 Å². The van der Waals surface area contributed by atoms with E-state index in [9.17, 15) is 4.79 Å². The van der Waals surface area contributed by atoms with Crippen molar-refractivity contribution in [2.45, 2.75) is 39.3 Å². The molecule has 0 atom stereocenters. The van der Waals surface area contributed by atoms with Gasteiger partial charge in [0.25, 0.3) is 5.91 Å². The van der Waals surface area contributed by atoms with Crippen LogP contribution < -0.4 is 10.6 Å². The van der Waals surface area contributed by atoms with Gasteiger partial charge in [-0.25, -0.2) is 9.67 Å². The maximum absolute atomic E-state index is 13.4. The third-order valence-corrected chi connectivity index (χ3v) is 6.61. The highest BCUT2D eigenvalue weighted by Crippen LogP contribution is 2.27. The van der Waals surface area contributed by atoms with Crippen LogP contribution in [0.3, 0.4) is 0 Å². The lowest BCUT2D eigenvalue weighted by Gasteiger charge is -2.22. The lowest BCUT2D eigenvalue weighted by atomic mass is 10.00. The molecule has 188 valence electrons. The van der Waals surface area contributed by atoms with Crippen molar-refractivity contribution in [1.82, 2.24) is 30.3 Å². The highest BCUT2D eigenvalue weighted by Gasteiger charge is 2.20. The number of nitrogens with one attached hydrogen (secondary N) is 2. The van der Waals surface area contributed by atoms with E-state index in [0.29, 0.717) is 18.0 Å². The fraction of sp³-hybridized carbons (Fsp3) is 0.519. The molecule has 0 bridgehead atoms. The van der Waals surface area contributed by atoms with Gasteiger partial charge in [-0.05, 0) is 64.4 Å². The van der Waals surface area contributed by atoms with Crippen LogP contribution in [0, 0.1) is 5.92 Å². The summed E-state index contributed by atoms with van der Waals surface area (Å²) in [5, 5.41) is 11.7. The van der Waals surface area contributed by atoms with E-state index < -0.39 is 0 Å². The van der Waals surface area contributed by atoms with Gasteiger partial charge in [-0.2, -0.15) is 5.10 Å². The molecule has 1 amide bonds. The number of hydrogen-bond acceptors (Lipinski definition) is 6. The molecule has 4 rings (SSSR count). The molecule has 1 saturated heterocycles. The predicted molar refractivity (Wildman–Crippen MR) is 139 cm³/mol. The van der Waals surface area contributed by atoms with Gasteiger partial charge in [0.05, 0.1) is 22.8 Å². The molecule has 0 aliphatic carbocycles. The van der Waals surface area contributed by atoms with Crippen LogP contribution in [0.1, 0.15) is 48.7 Å². The van der Waals surface area contributed by atoms with Crippen molar-refractivity contribution in [2.24, 2.45) is 5.92 Å². The van der Waals surface area contributed by atoms with Crippen LogP contribution in [0.25, 0.3) is 22.3 Å². The minimum absolute atomic E-state index is 0.0728. The number of nitrogens with zero attached hydrogens (tertiary/aromatic N) is 4. The zero-order chi connectivity index (χ0) is 24.8. The highest BCUT2D eigenvalue weighted by molar-refractivity contribution is 6.06. The maximum atomic E-state index is 13.4. The second-order valence-electron chi connectivity index (χ2n) is 9.78. The Kier molecular flexibility index (Phi) is 8.49. The quantitative estimate of drug-likeness (QED) is 0.464. The van der Waals surface area contributed by atoms with Gasteiger partial charge in [-0.3, -0.25) is 4.79 Å². The summed E-state index contributed by atoms with van der Waals surface area (Å²) in [6.07, 6.45) is 3.73. The van der Waals surface area contributed by atoms with Crippen molar-refractivity contribution in [1.29, 1.82) is 0 Å². The summed E-state index contributed by atoms with van der Waals surface area (Å²) in [4.78, 5) is 20.6. The number of benzene rings is 1. The molecule has 1 aromatic carbocycles. The van der Waals surface area contributed by atoms with E-state index in [1.165, 1.54) is 5.56 Å². The van der Waals surface area contributed by atoms with Crippen molar-refractivity contribution < 1.29 is 9.53 Å². The third-order valence-electron chi connectivity index (χ3n) is 6.61. The molecule has 0 radical (unpaired) electrons. The highest BCUT2D eigenvalue weighted by atomic mass is 16.5. The molecule has 2 aromatic heterocycles. The monoisotopic (exact) mass is 478 g/mol. The molecule has 3 heterocycles. The van der Waals surface area contributed by atoms with Gasteiger partial charge >= 0.3 is 0 Å². The Labute approximate surface area is 208 Å². The van der Waals surface area contributed by atoms with E-state index in [-0.39, 0.29) is 11.9 Å². The first-order valence-electron chi connectivity index (χ1n) is 12.6. The van der Waals surface area contributed by atoms with Gasteiger partial charge in [0.1, 0.15) is 0 Å². The smallest absolute Gasteiger partial charge is 0.252 e. The topological polar surface area (TPSA) is 84.3 Å². The van der Waals surface area contributed by atoms with Crippen molar-refractivity contribution in [3.05, 3.63) is 47.7 Å². The fourth-order valence-electron chi connectivity index (χ4n) is 4.54. The number of hydrogen-bond donors (Lipinski definition) is 2. The lowest BCUT2D eigenvalue weighted by Crippen LogP contribution is -2.32. The first kappa shape index (κ1) is 25.3. The summed E-state index contributed by atoms with van der Waals surface area (Å²) in [5.41, 5.74) is 4.37. The van der Waals surface area contributed by atoms with Crippen molar-refractivity contribution in [2.75, 3.05) is 46.9 Å². The number of pyridine rings is 1. The molecule has 35 heavy (non-hydrogen) atoms. The largest absolute Gasteiger partial charge is 0.381 e. The zero-order valence-electron chi connectivity index (χ0n) is 21.4. The summed E-state index contributed by atoms with van der Waals surface area (Å²) >= 11 is 0. The Bertz CT molecular complexity index is 1140. The van der Waals surface area contributed by atoms with Crippen LogP contribution in [0.2, 0.25) is 0 Å². The summed E-state index contributed by atoms with van der Waals surface area (Å²) in [5.74, 6) is 0.385. The van der Waals surface area contributed by atoms with Gasteiger partial charge in [-0.15, -0.1) is 0 Å². The van der Waals surface area contributed by atoms with Crippen molar-refractivity contribution in [3.8, 4) is 11.3 Å². The normalized spacial score (nSPS) is 14.8. The van der Waals surface area contributed by atoms with Crippen LogP contribution in [-0.2, 0) is 11.3 Å². The van der Waals surface area contributed by atoms with Crippen LogP contribution >= 0.6 is 0 Å². The third kappa shape index (κ3) is 6.25. The van der Waals surface area contributed by atoms with Gasteiger partial charge in [0.2, 0.25) is 0 Å². The van der Waals surface area contributed by atoms with Gasteiger partial charge in [0, 0.05) is 51.0 Å². The summed E-state index contributed by atoms with van der Waals surface area (Å²) in [6.45, 7) is 9.11. The Hall–Kier alpha value is -2.81. The first-order valence-corrected chi connectivity index (χ1v) is 12.6. The van der Waals surface area contributed by atoms with E-state index >= 15 is 0 Å². The number of amides is 1. The lowest BCUT2D eigenvalue weighted by molar-refractivity contribution is 0.0643. The molecule has 1 aliphatic rings. The number of aromatic nitrogens is 3. The second-order valence-corrected chi connectivity index (χ2v) is 9.78. The number of fused-ring (bicyclic) bond motifs is 1. The van der Waals surface area contributed by atoms with Gasteiger partial charge in [0.15, 0.2) is 5.65 Å². The first-order chi connectivity index (χ1) is 17.0. The summed E-state index contributed by atoms with van der Waals surface area (Å²) in [7, 11) is 4.09. The molecule has 8 nitrogen and oxygen atoms in total. The van der Waals surface area contributed by atoms with E-state index in [1.807, 2.05) is 17.8 Å². The molecule has 8 heteroatoms. The standard InChI is InChI=1S/C27H38N6O2/c1-19(2)33-26-24(17-30-33)23(27(34)29-16-20-8-12-35-13-9-20)15-25(31-26)22-7-5-6-21(14-22)18-32(4)11-10-28-3/h5-7,14-15,17,19-20,28H,8-13,16,18H2,1-4H3,(H,29,34). The number of rotatable bonds is 10. The molecule has 1 aliphatic heterocycles. The molecule has 2 N–H and O–H groups in total. The van der Waals surface area contributed by atoms with Crippen LogP contribution in [-0.4, -0.2) is 72.5 Å². The summed E-state index contributed by atoms with van der Waals surface area (Å²) < 4.78 is 7.35. The van der Waals surface area contributed by atoms with Gasteiger partial charge in [-0.1, -0.05) is 18.2 Å². The molecule has 1 fully saturated rings. The number of ether oxygens (including phenoxy) is 1. The number of carbonyl (C=O) groups excluding carboxylic acids is 1. The Morgan fingerprint density at radius 2 is 2.06 bits per heavy atom. The average molecular weight is 479 g/mol. The number of carbonyl (C=O) groups is 1. The molecular weight excluding hydrogens is 440 g/mol. The minimum Gasteiger partial charge on any atom is -0.381 e. The molecular formula is C27H38N6O2. The molecule has 0 spiro atoms. The SMILES string of the molecule is CNCCN(C)Cc1cccc(-c2cc(C(=O)NCC3CCOCC3)c3cnn(C(C)C)c3n2)c1. The minimum atomic E-state index is -0.0728. The maximum Gasteiger partial charge on any atom is 0.252 e.